The largest absolute Gasteiger partial charge is 0.491 e. The molecule has 2 amide bonds. The summed E-state index contributed by atoms with van der Waals surface area (Å²) in [7, 11) is 1.69. The average molecular weight is 340 g/mol. The number of benzene rings is 2. The van der Waals surface area contributed by atoms with Gasteiger partial charge in [-0.25, -0.2) is 0 Å². The molecule has 0 saturated heterocycles. The number of hydrogen-bond acceptors (Lipinski definition) is 3. The molecule has 0 aliphatic heterocycles. The molecule has 2 aromatic carbocycles. The van der Waals surface area contributed by atoms with E-state index in [4.69, 9.17) is 4.74 Å². The van der Waals surface area contributed by atoms with Gasteiger partial charge in [0.25, 0.3) is 5.91 Å². The van der Waals surface area contributed by atoms with Crippen LogP contribution in [0.25, 0.3) is 0 Å². The van der Waals surface area contributed by atoms with Gasteiger partial charge < -0.3 is 15.0 Å². The number of nitrogens with zero attached hydrogens (tertiary/aromatic N) is 1. The second-order valence-corrected chi connectivity index (χ2v) is 5.95. The third-order valence-corrected chi connectivity index (χ3v) is 3.97. The van der Waals surface area contributed by atoms with Gasteiger partial charge >= 0.3 is 0 Å². The minimum atomic E-state index is -0.225. The summed E-state index contributed by atoms with van der Waals surface area (Å²) in [6.45, 7) is 5.53. The van der Waals surface area contributed by atoms with Gasteiger partial charge in [0, 0.05) is 30.9 Å². The number of hydrogen-bond donors (Lipinski definition) is 1. The Kier molecular flexibility index (Phi) is 6.17. The maximum absolute atomic E-state index is 12.5. The molecule has 132 valence electrons. The van der Waals surface area contributed by atoms with Crippen molar-refractivity contribution in [2.24, 2.45) is 0 Å². The fraction of sp³-hybridized carbons (Fsp3) is 0.300. The fourth-order valence-corrected chi connectivity index (χ4v) is 2.20. The molecule has 0 aliphatic carbocycles. The molecule has 0 bridgehead atoms. The summed E-state index contributed by atoms with van der Waals surface area (Å²) in [4.78, 5) is 25.5. The van der Waals surface area contributed by atoms with Crippen molar-refractivity contribution in [2.45, 2.75) is 33.3 Å². The van der Waals surface area contributed by atoms with E-state index in [0.29, 0.717) is 17.0 Å². The van der Waals surface area contributed by atoms with Crippen LogP contribution in [0.5, 0.6) is 5.75 Å². The van der Waals surface area contributed by atoms with Crippen LogP contribution in [0, 0.1) is 0 Å². The van der Waals surface area contributed by atoms with Gasteiger partial charge in [-0.15, -0.1) is 0 Å². The van der Waals surface area contributed by atoms with E-state index in [0.717, 1.165) is 12.1 Å². The number of anilines is 2. The van der Waals surface area contributed by atoms with Crippen LogP contribution in [0.3, 0.4) is 0 Å². The highest BCUT2D eigenvalue weighted by molar-refractivity contribution is 6.05. The molecular weight excluding hydrogens is 316 g/mol. The molecular formula is C20H24N2O3. The van der Waals surface area contributed by atoms with Gasteiger partial charge in [0.05, 0.1) is 6.10 Å². The van der Waals surface area contributed by atoms with Crippen LogP contribution in [-0.2, 0) is 4.79 Å². The number of ether oxygens (including phenoxy) is 1. The van der Waals surface area contributed by atoms with Crippen LogP contribution in [0.1, 0.15) is 37.6 Å². The smallest absolute Gasteiger partial charge is 0.255 e. The first-order chi connectivity index (χ1) is 11.9. The number of nitrogens with one attached hydrogen (secondary N) is 1. The van der Waals surface area contributed by atoms with E-state index < -0.39 is 0 Å². The second kappa shape index (κ2) is 8.33. The first-order valence-electron chi connectivity index (χ1n) is 8.33. The van der Waals surface area contributed by atoms with E-state index in [1.807, 2.05) is 26.0 Å². The summed E-state index contributed by atoms with van der Waals surface area (Å²) >= 11 is 0. The summed E-state index contributed by atoms with van der Waals surface area (Å²) < 4.78 is 5.76. The van der Waals surface area contributed by atoms with Crippen LogP contribution >= 0.6 is 0 Å². The lowest BCUT2D eigenvalue weighted by Gasteiger charge is -2.16. The Morgan fingerprint density at radius 2 is 1.88 bits per heavy atom. The Balaban J connectivity index is 2.13. The van der Waals surface area contributed by atoms with Crippen molar-refractivity contribution in [3.8, 4) is 5.75 Å². The molecule has 5 nitrogen and oxygen atoms in total. The lowest BCUT2D eigenvalue weighted by Crippen LogP contribution is -2.23. The molecule has 1 unspecified atom stereocenters. The summed E-state index contributed by atoms with van der Waals surface area (Å²) in [5.41, 5.74) is 1.87. The minimum absolute atomic E-state index is 0.0710. The van der Waals surface area contributed by atoms with Gasteiger partial charge in [-0.2, -0.15) is 0 Å². The third kappa shape index (κ3) is 5.08. The first-order valence-corrected chi connectivity index (χ1v) is 8.33. The minimum Gasteiger partial charge on any atom is -0.491 e. The molecule has 2 aromatic rings. The SMILES string of the molecule is CCC(C)Oc1cccc(C(=O)Nc2cccc(N(C)C(C)=O)c2)c1. The van der Waals surface area contributed by atoms with Crippen molar-refractivity contribution in [3.05, 3.63) is 54.1 Å². The molecule has 1 atom stereocenters. The Morgan fingerprint density at radius 3 is 2.56 bits per heavy atom. The molecule has 2 rings (SSSR count). The Morgan fingerprint density at radius 1 is 1.16 bits per heavy atom. The first kappa shape index (κ1) is 18.5. The normalized spacial score (nSPS) is 11.5. The number of rotatable bonds is 6. The summed E-state index contributed by atoms with van der Waals surface area (Å²) in [6.07, 6.45) is 0.990. The van der Waals surface area contributed by atoms with E-state index in [2.05, 4.69) is 5.32 Å². The van der Waals surface area contributed by atoms with Crippen LogP contribution in [0.2, 0.25) is 0 Å². The van der Waals surface area contributed by atoms with Gasteiger partial charge in [0.1, 0.15) is 5.75 Å². The van der Waals surface area contributed by atoms with Crippen molar-refractivity contribution in [1.82, 2.24) is 0 Å². The lowest BCUT2D eigenvalue weighted by molar-refractivity contribution is -0.116. The van der Waals surface area contributed by atoms with E-state index in [9.17, 15) is 9.59 Å². The number of carbonyl (C=O) groups excluding carboxylic acids is 2. The van der Waals surface area contributed by atoms with Gasteiger partial charge in [0.2, 0.25) is 5.91 Å². The summed E-state index contributed by atoms with van der Waals surface area (Å²) in [6, 6.07) is 14.3. The molecule has 0 spiro atoms. The standard InChI is InChI=1S/C20H24N2O3/c1-5-14(2)25-19-11-6-8-16(12-19)20(24)21-17-9-7-10-18(13-17)22(4)15(3)23/h6-14H,5H2,1-4H3,(H,21,24). The average Bonchev–Trinajstić information content (AvgIpc) is 2.61. The van der Waals surface area contributed by atoms with Crippen molar-refractivity contribution >= 4 is 23.2 Å². The predicted octanol–water partition coefficient (Wildman–Crippen LogP) is 4.10. The van der Waals surface area contributed by atoms with Crippen molar-refractivity contribution in [1.29, 1.82) is 0 Å². The van der Waals surface area contributed by atoms with E-state index in [-0.39, 0.29) is 17.9 Å². The summed E-state index contributed by atoms with van der Waals surface area (Å²) in [5, 5.41) is 2.85. The number of amides is 2. The Labute approximate surface area is 148 Å². The molecule has 0 saturated carbocycles. The van der Waals surface area contributed by atoms with E-state index in [1.165, 1.54) is 11.8 Å². The monoisotopic (exact) mass is 340 g/mol. The van der Waals surface area contributed by atoms with Crippen molar-refractivity contribution in [2.75, 3.05) is 17.3 Å². The highest BCUT2D eigenvalue weighted by atomic mass is 16.5. The van der Waals surface area contributed by atoms with Crippen molar-refractivity contribution < 1.29 is 14.3 Å². The van der Waals surface area contributed by atoms with E-state index >= 15 is 0 Å². The second-order valence-electron chi connectivity index (χ2n) is 5.95. The summed E-state index contributed by atoms with van der Waals surface area (Å²) in [5.74, 6) is 0.377. The van der Waals surface area contributed by atoms with Gasteiger partial charge in [-0.3, -0.25) is 9.59 Å². The predicted molar refractivity (Wildman–Crippen MR) is 100 cm³/mol. The molecule has 0 aliphatic rings. The number of carbonyl (C=O) groups is 2. The maximum atomic E-state index is 12.5. The maximum Gasteiger partial charge on any atom is 0.255 e. The van der Waals surface area contributed by atoms with Crippen LogP contribution < -0.4 is 15.0 Å². The molecule has 0 fully saturated rings. The highest BCUT2D eigenvalue weighted by Crippen LogP contribution is 2.21. The van der Waals surface area contributed by atoms with Gasteiger partial charge in [-0.05, 0) is 49.7 Å². The molecule has 0 radical (unpaired) electrons. The zero-order valence-electron chi connectivity index (χ0n) is 15.1. The van der Waals surface area contributed by atoms with Crippen LogP contribution in [-0.4, -0.2) is 25.0 Å². The Hall–Kier alpha value is -2.82. The van der Waals surface area contributed by atoms with Crippen LogP contribution in [0.4, 0.5) is 11.4 Å². The quantitative estimate of drug-likeness (QED) is 0.861. The Bertz CT molecular complexity index is 758. The van der Waals surface area contributed by atoms with Crippen molar-refractivity contribution in [3.63, 3.8) is 0 Å². The zero-order valence-corrected chi connectivity index (χ0v) is 15.1. The molecule has 25 heavy (non-hydrogen) atoms. The lowest BCUT2D eigenvalue weighted by atomic mass is 10.2. The molecule has 0 heterocycles. The van der Waals surface area contributed by atoms with Gasteiger partial charge in [-0.1, -0.05) is 19.1 Å². The molecule has 0 aromatic heterocycles. The zero-order chi connectivity index (χ0) is 18.4. The molecule has 5 heteroatoms. The third-order valence-electron chi connectivity index (χ3n) is 3.97. The van der Waals surface area contributed by atoms with Crippen LogP contribution in [0.15, 0.2) is 48.5 Å². The molecule has 1 N–H and O–H groups in total. The highest BCUT2D eigenvalue weighted by Gasteiger charge is 2.10. The van der Waals surface area contributed by atoms with Gasteiger partial charge in [0.15, 0.2) is 0 Å². The fourth-order valence-electron chi connectivity index (χ4n) is 2.20. The van der Waals surface area contributed by atoms with E-state index in [1.54, 1.807) is 43.4 Å². The topological polar surface area (TPSA) is 58.6 Å².